The monoisotopic (exact) mass is 318 g/mol. The van der Waals surface area contributed by atoms with Crippen molar-refractivity contribution in [2.75, 3.05) is 19.6 Å². The number of aryl methyl sites for hydroxylation is 1. The number of carbonyl (C=O) groups is 1. The van der Waals surface area contributed by atoms with Crippen LogP contribution < -0.4 is 5.32 Å². The van der Waals surface area contributed by atoms with E-state index in [1.807, 2.05) is 17.7 Å². The summed E-state index contributed by atoms with van der Waals surface area (Å²) in [6.45, 7) is 9.53. The van der Waals surface area contributed by atoms with Gasteiger partial charge in [0, 0.05) is 17.8 Å². The standard InChI is InChI=1S/C18H30N4O/c1-4-15(5-2)22-14(3)12-16(20-22)17(23)19-13-18-8-6-10-21(18)11-7-9-18/h12,15H,4-11,13H2,1-3H3,(H,19,23). The summed E-state index contributed by atoms with van der Waals surface area (Å²) in [6.07, 6.45) is 7.04. The maximum Gasteiger partial charge on any atom is 0.271 e. The first-order valence-electron chi connectivity index (χ1n) is 9.19. The van der Waals surface area contributed by atoms with E-state index < -0.39 is 0 Å². The lowest BCUT2D eigenvalue weighted by Gasteiger charge is -2.32. The third-order valence-corrected chi connectivity index (χ3v) is 5.83. The van der Waals surface area contributed by atoms with Gasteiger partial charge in [0.15, 0.2) is 0 Å². The molecule has 1 aromatic rings. The Labute approximate surface area is 139 Å². The summed E-state index contributed by atoms with van der Waals surface area (Å²) >= 11 is 0. The number of nitrogens with one attached hydrogen (secondary N) is 1. The smallest absolute Gasteiger partial charge is 0.271 e. The summed E-state index contributed by atoms with van der Waals surface area (Å²) in [7, 11) is 0. The molecule has 0 spiro atoms. The SMILES string of the molecule is CCC(CC)n1nc(C(=O)NCC23CCCN2CCC3)cc1C. The number of amides is 1. The first-order chi connectivity index (χ1) is 11.1. The van der Waals surface area contributed by atoms with Crippen molar-refractivity contribution in [1.82, 2.24) is 20.0 Å². The Morgan fingerprint density at radius 3 is 2.57 bits per heavy atom. The van der Waals surface area contributed by atoms with E-state index in [2.05, 4.69) is 29.2 Å². The Bertz CT molecular complexity index is 551. The van der Waals surface area contributed by atoms with Crippen LogP contribution in [0.1, 0.15) is 74.6 Å². The fraction of sp³-hybridized carbons (Fsp3) is 0.778. The first kappa shape index (κ1) is 16.5. The molecule has 1 amide bonds. The maximum atomic E-state index is 12.5. The summed E-state index contributed by atoms with van der Waals surface area (Å²) in [4.78, 5) is 15.1. The van der Waals surface area contributed by atoms with Crippen LogP contribution in [0.15, 0.2) is 6.07 Å². The number of rotatable bonds is 6. The second kappa shape index (κ2) is 6.63. The van der Waals surface area contributed by atoms with E-state index in [1.54, 1.807) is 0 Å². The van der Waals surface area contributed by atoms with Crippen molar-refractivity contribution in [3.63, 3.8) is 0 Å². The molecule has 2 fully saturated rings. The van der Waals surface area contributed by atoms with Gasteiger partial charge in [0.2, 0.25) is 0 Å². The van der Waals surface area contributed by atoms with Crippen LogP contribution in [0.25, 0.3) is 0 Å². The van der Waals surface area contributed by atoms with Crippen molar-refractivity contribution >= 4 is 5.91 Å². The zero-order valence-electron chi connectivity index (χ0n) is 14.8. The van der Waals surface area contributed by atoms with E-state index >= 15 is 0 Å². The number of nitrogens with zero attached hydrogens (tertiary/aromatic N) is 3. The predicted molar refractivity (Wildman–Crippen MR) is 91.7 cm³/mol. The highest BCUT2D eigenvalue weighted by Crippen LogP contribution is 2.38. The lowest BCUT2D eigenvalue weighted by molar-refractivity contribution is 0.0913. The molecule has 5 heteroatoms. The van der Waals surface area contributed by atoms with Crippen LogP contribution in [-0.2, 0) is 0 Å². The van der Waals surface area contributed by atoms with Crippen molar-refractivity contribution in [2.24, 2.45) is 0 Å². The van der Waals surface area contributed by atoms with Crippen molar-refractivity contribution in [1.29, 1.82) is 0 Å². The van der Waals surface area contributed by atoms with Crippen molar-refractivity contribution in [3.8, 4) is 0 Å². The Balaban J connectivity index is 1.66. The van der Waals surface area contributed by atoms with Crippen molar-refractivity contribution < 1.29 is 4.79 Å². The highest BCUT2D eigenvalue weighted by atomic mass is 16.2. The largest absolute Gasteiger partial charge is 0.349 e. The van der Waals surface area contributed by atoms with Crippen LogP contribution in [0, 0.1) is 6.92 Å². The minimum absolute atomic E-state index is 0.0223. The van der Waals surface area contributed by atoms with Crippen LogP contribution in [0.5, 0.6) is 0 Å². The molecule has 3 heterocycles. The van der Waals surface area contributed by atoms with Crippen LogP contribution in [0.4, 0.5) is 0 Å². The number of fused-ring (bicyclic) bond motifs is 1. The van der Waals surface area contributed by atoms with Crippen LogP contribution in [-0.4, -0.2) is 45.8 Å². The van der Waals surface area contributed by atoms with E-state index in [9.17, 15) is 4.79 Å². The predicted octanol–water partition coefficient (Wildman–Crippen LogP) is 2.91. The third-order valence-electron chi connectivity index (χ3n) is 5.83. The molecular formula is C18H30N4O. The number of hydrogen-bond acceptors (Lipinski definition) is 3. The van der Waals surface area contributed by atoms with Crippen LogP contribution in [0.2, 0.25) is 0 Å². The Morgan fingerprint density at radius 1 is 1.30 bits per heavy atom. The number of aromatic nitrogens is 2. The van der Waals surface area contributed by atoms with Crippen LogP contribution in [0.3, 0.4) is 0 Å². The third kappa shape index (κ3) is 3.03. The molecule has 0 saturated carbocycles. The molecule has 1 N–H and O–H groups in total. The fourth-order valence-corrected chi connectivity index (χ4v) is 4.45. The zero-order chi connectivity index (χ0) is 16.4. The molecule has 3 rings (SSSR count). The minimum atomic E-state index is -0.0223. The molecular weight excluding hydrogens is 288 g/mol. The van der Waals surface area contributed by atoms with Gasteiger partial charge in [0.25, 0.3) is 5.91 Å². The van der Waals surface area contributed by atoms with Gasteiger partial charge in [-0.2, -0.15) is 5.10 Å². The summed E-state index contributed by atoms with van der Waals surface area (Å²) in [6, 6.07) is 2.31. The fourth-order valence-electron chi connectivity index (χ4n) is 4.45. The number of hydrogen-bond donors (Lipinski definition) is 1. The van der Waals surface area contributed by atoms with E-state index in [0.717, 1.165) is 25.1 Å². The molecule has 2 saturated heterocycles. The lowest BCUT2D eigenvalue weighted by Crippen LogP contribution is -2.48. The van der Waals surface area contributed by atoms with Gasteiger partial charge in [-0.05, 0) is 64.6 Å². The van der Waals surface area contributed by atoms with E-state index in [4.69, 9.17) is 0 Å². The summed E-state index contributed by atoms with van der Waals surface area (Å²) in [5.41, 5.74) is 1.86. The summed E-state index contributed by atoms with van der Waals surface area (Å²) < 4.78 is 2.02. The molecule has 0 aliphatic carbocycles. The molecule has 0 radical (unpaired) electrons. The molecule has 2 aliphatic rings. The van der Waals surface area contributed by atoms with Gasteiger partial charge in [-0.15, -0.1) is 0 Å². The summed E-state index contributed by atoms with van der Waals surface area (Å²) in [5.74, 6) is -0.0223. The average Bonchev–Trinajstić information content (AvgIpc) is 3.20. The molecule has 0 bridgehead atoms. The van der Waals surface area contributed by atoms with Crippen molar-refractivity contribution in [3.05, 3.63) is 17.5 Å². The highest BCUT2D eigenvalue weighted by molar-refractivity contribution is 5.92. The lowest BCUT2D eigenvalue weighted by atomic mass is 9.94. The van der Waals surface area contributed by atoms with E-state index in [1.165, 1.54) is 38.8 Å². The molecule has 0 atom stereocenters. The number of carbonyl (C=O) groups excluding carboxylic acids is 1. The molecule has 128 valence electrons. The van der Waals surface area contributed by atoms with Crippen molar-refractivity contribution in [2.45, 2.75) is 70.9 Å². The second-order valence-corrected chi connectivity index (χ2v) is 7.19. The van der Waals surface area contributed by atoms with Gasteiger partial charge >= 0.3 is 0 Å². The van der Waals surface area contributed by atoms with Gasteiger partial charge in [0.1, 0.15) is 5.69 Å². The Kier molecular flexibility index (Phi) is 4.76. The Hall–Kier alpha value is -1.36. The van der Waals surface area contributed by atoms with Gasteiger partial charge in [0.05, 0.1) is 6.04 Å². The molecule has 23 heavy (non-hydrogen) atoms. The summed E-state index contributed by atoms with van der Waals surface area (Å²) in [5, 5.41) is 7.73. The van der Waals surface area contributed by atoms with E-state index in [-0.39, 0.29) is 11.4 Å². The quantitative estimate of drug-likeness (QED) is 0.877. The zero-order valence-corrected chi connectivity index (χ0v) is 14.8. The Morgan fingerprint density at radius 2 is 1.96 bits per heavy atom. The molecule has 5 nitrogen and oxygen atoms in total. The molecule has 0 aromatic carbocycles. The van der Waals surface area contributed by atoms with Gasteiger partial charge in [-0.25, -0.2) is 0 Å². The minimum Gasteiger partial charge on any atom is -0.349 e. The highest BCUT2D eigenvalue weighted by Gasteiger charge is 2.44. The molecule has 2 aliphatic heterocycles. The first-order valence-corrected chi connectivity index (χ1v) is 9.19. The van der Waals surface area contributed by atoms with Crippen LogP contribution >= 0.6 is 0 Å². The molecule has 1 aromatic heterocycles. The van der Waals surface area contributed by atoms with Gasteiger partial charge in [-0.1, -0.05) is 13.8 Å². The second-order valence-electron chi connectivity index (χ2n) is 7.19. The van der Waals surface area contributed by atoms with E-state index in [0.29, 0.717) is 11.7 Å². The molecule has 0 unspecified atom stereocenters. The normalized spacial score (nSPS) is 20.2. The maximum absolute atomic E-state index is 12.5. The van der Waals surface area contributed by atoms with Gasteiger partial charge in [-0.3, -0.25) is 14.4 Å². The van der Waals surface area contributed by atoms with Gasteiger partial charge < -0.3 is 5.32 Å². The topological polar surface area (TPSA) is 50.2 Å². The average molecular weight is 318 g/mol.